The maximum Gasteiger partial charge on any atom is 0.174 e. The maximum atomic E-state index is 12.2. The number of Topliss-reactive ketones (excluding diaryl/α,β-unsaturated/α-hetero) is 1. The number of carbonyl (C=O) groups is 1. The van der Waals surface area contributed by atoms with Crippen molar-refractivity contribution in [1.82, 2.24) is 3.97 Å². The van der Waals surface area contributed by atoms with Crippen molar-refractivity contribution in [3.05, 3.63) is 53.9 Å². The van der Waals surface area contributed by atoms with Gasteiger partial charge in [-0.15, -0.1) is 0 Å². The molecule has 0 spiro atoms. The second-order valence-electron chi connectivity index (χ2n) is 3.88. The smallest absolute Gasteiger partial charge is 0.174 e. The Balaban J connectivity index is 2.26. The van der Waals surface area contributed by atoms with E-state index < -0.39 is 11.0 Å². The highest BCUT2D eigenvalue weighted by atomic mass is 79.9. The van der Waals surface area contributed by atoms with Gasteiger partial charge in [-0.05, 0) is 25.1 Å². The van der Waals surface area contributed by atoms with Crippen molar-refractivity contribution in [2.45, 2.75) is 11.8 Å². The molecule has 0 amide bonds. The van der Waals surface area contributed by atoms with Crippen molar-refractivity contribution in [1.29, 1.82) is 0 Å². The Morgan fingerprint density at radius 1 is 1.28 bits per heavy atom. The molecular formula is C13H12BrNO2S. The number of ketones is 1. The monoisotopic (exact) mass is 325 g/mol. The largest absolute Gasteiger partial charge is 0.293 e. The lowest BCUT2D eigenvalue weighted by Crippen LogP contribution is -2.03. The fourth-order valence-electron chi connectivity index (χ4n) is 1.50. The Kier molecular flexibility index (Phi) is 4.14. The van der Waals surface area contributed by atoms with Gasteiger partial charge in [0.1, 0.15) is 0 Å². The molecule has 18 heavy (non-hydrogen) atoms. The number of halogens is 1. The molecule has 1 aromatic carbocycles. The van der Waals surface area contributed by atoms with Gasteiger partial charge in [-0.25, -0.2) is 4.21 Å². The van der Waals surface area contributed by atoms with Crippen molar-refractivity contribution in [2.24, 2.45) is 0 Å². The molecule has 2 aromatic rings. The summed E-state index contributed by atoms with van der Waals surface area (Å²) < 4.78 is 13.8. The van der Waals surface area contributed by atoms with Crippen molar-refractivity contribution < 1.29 is 9.00 Å². The van der Waals surface area contributed by atoms with Gasteiger partial charge in [0.2, 0.25) is 0 Å². The number of hydrogen-bond donors (Lipinski definition) is 0. The second kappa shape index (κ2) is 5.63. The normalized spacial score (nSPS) is 12.3. The van der Waals surface area contributed by atoms with E-state index in [1.807, 2.05) is 31.2 Å². The molecule has 1 unspecified atom stereocenters. The highest BCUT2D eigenvalue weighted by Crippen LogP contribution is 2.13. The Morgan fingerprint density at radius 3 is 2.56 bits per heavy atom. The Hall–Kier alpha value is -1.20. The minimum absolute atomic E-state index is 0.0188. The van der Waals surface area contributed by atoms with Crippen LogP contribution in [0.2, 0.25) is 0 Å². The topological polar surface area (TPSA) is 39.1 Å². The highest BCUT2D eigenvalue weighted by molar-refractivity contribution is 9.09. The van der Waals surface area contributed by atoms with Crippen LogP contribution in [0.15, 0.2) is 47.6 Å². The molecular weight excluding hydrogens is 314 g/mol. The number of aromatic nitrogens is 1. The van der Waals surface area contributed by atoms with Crippen LogP contribution in [0.25, 0.3) is 0 Å². The molecule has 0 aliphatic rings. The quantitative estimate of drug-likeness (QED) is 0.640. The molecule has 0 aliphatic heterocycles. The van der Waals surface area contributed by atoms with Gasteiger partial charge in [-0.2, -0.15) is 0 Å². The van der Waals surface area contributed by atoms with Gasteiger partial charge in [0, 0.05) is 18.0 Å². The molecule has 0 bridgehead atoms. The first-order valence-corrected chi connectivity index (χ1v) is 7.60. The predicted molar refractivity (Wildman–Crippen MR) is 75.5 cm³/mol. The predicted octanol–water partition coefficient (Wildman–Crippen LogP) is 2.95. The summed E-state index contributed by atoms with van der Waals surface area (Å²) in [6.07, 6.45) is 3.27. The van der Waals surface area contributed by atoms with Crippen LogP contribution >= 0.6 is 15.9 Å². The summed E-state index contributed by atoms with van der Waals surface area (Å²) in [5.41, 5.74) is 1.69. The first kappa shape index (κ1) is 13.2. The molecule has 0 aliphatic carbocycles. The number of carbonyl (C=O) groups excluding carboxylic acids is 1. The van der Waals surface area contributed by atoms with E-state index in [-0.39, 0.29) is 11.1 Å². The molecule has 1 heterocycles. The van der Waals surface area contributed by atoms with Gasteiger partial charge in [-0.3, -0.25) is 8.77 Å². The fourth-order valence-corrected chi connectivity index (χ4v) is 2.82. The van der Waals surface area contributed by atoms with Gasteiger partial charge in [-0.1, -0.05) is 33.6 Å². The zero-order valence-electron chi connectivity index (χ0n) is 9.80. The van der Waals surface area contributed by atoms with E-state index in [0.717, 1.165) is 5.56 Å². The number of aryl methyl sites for hydroxylation is 1. The Bertz CT molecular complexity index is 589. The van der Waals surface area contributed by atoms with E-state index >= 15 is 0 Å². The lowest BCUT2D eigenvalue weighted by atomic mass is 10.2. The molecule has 0 saturated carbocycles. The van der Waals surface area contributed by atoms with Crippen molar-refractivity contribution in [3.63, 3.8) is 0 Å². The molecule has 2 rings (SSSR count). The third-order valence-corrected chi connectivity index (χ3v) is 4.32. The number of alkyl halides is 1. The van der Waals surface area contributed by atoms with Crippen LogP contribution in [-0.2, 0) is 11.0 Å². The van der Waals surface area contributed by atoms with E-state index in [9.17, 15) is 9.00 Å². The van der Waals surface area contributed by atoms with Gasteiger partial charge >= 0.3 is 0 Å². The molecule has 0 saturated heterocycles. The number of hydrogen-bond acceptors (Lipinski definition) is 2. The second-order valence-corrected chi connectivity index (χ2v) is 5.83. The Morgan fingerprint density at radius 2 is 1.94 bits per heavy atom. The van der Waals surface area contributed by atoms with E-state index in [2.05, 4.69) is 15.9 Å². The lowest BCUT2D eigenvalue weighted by molar-refractivity contribution is 0.102. The van der Waals surface area contributed by atoms with E-state index in [4.69, 9.17) is 0 Å². The van der Waals surface area contributed by atoms with Gasteiger partial charge < -0.3 is 0 Å². The molecule has 5 heteroatoms. The van der Waals surface area contributed by atoms with Crippen LogP contribution in [0, 0.1) is 6.92 Å². The summed E-state index contributed by atoms with van der Waals surface area (Å²) in [5.74, 6) is -0.0188. The first-order chi connectivity index (χ1) is 8.61. The summed E-state index contributed by atoms with van der Waals surface area (Å²) in [6, 6.07) is 9.17. The molecule has 0 fully saturated rings. The van der Waals surface area contributed by atoms with E-state index in [1.165, 1.54) is 0 Å². The van der Waals surface area contributed by atoms with E-state index in [0.29, 0.717) is 10.5 Å². The molecule has 3 nitrogen and oxygen atoms in total. The van der Waals surface area contributed by atoms with Crippen LogP contribution in [0.5, 0.6) is 0 Å². The molecule has 1 atom stereocenters. The zero-order valence-corrected chi connectivity index (χ0v) is 12.2. The zero-order chi connectivity index (χ0) is 13.1. The lowest BCUT2D eigenvalue weighted by Gasteiger charge is -2.03. The molecule has 0 radical (unpaired) electrons. The third-order valence-electron chi connectivity index (χ3n) is 2.52. The standard InChI is InChI=1S/C13H12BrNO2S/c1-10-2-4-12(5-3-10)18(17)15-7-6-11(9-15)13(16)8-14/h2-7,9H,8H2,1H3. The maximum absolute atomic E-state index is 12.2. The number of nitrogens with zero attached hydrogens (tertiary/aromatic N) is 1. The summed E-state index contributed by atoms with van der Waals surface area (Å²) in [6.45, 7) is 1.98. The Labute approximate surface area is 117 Å². The molecule has 94 valence electrons. The third kappa shape index (κ3) is 2.79. The minimum atomic E-state index is -1.30. The van der Waals surface area contributed by atoms with Crippen molar-refractivity contribution >= 4 is 32.7 Å². The van der Waals surface area contributed by atoms with Crippen LogP contribution in [0.1, 0.15) is 15.9 Å². The summed E-state index contributed by atoms with van der Waals surface area (Å²) >= 11 is 3.12. The summed E-state index contributed by atoms with van der Waals surface area (Å²) in [4.78, 5) is 12.2. The summed E-state index contributed by atoms with van der Waals surface area (Å²) in [7, 11) is -1.30. The van der Waals surface area contributed by atoms with Crippen LogP contribution in [0.4, 0.5) is 0 Å². The first-order valence-electron chi connectivity index (χ1n) is 5.38. The van der Waals surface area contributed by atoms with Gasteiger partial charge in [0.25, 0.3) is 0 Å². The average molecular weight is 326 g/mol. The van der Waals surface area contributed by atoms with Gasteiger partial charge in [0.05, 0.1) is 10.2 Å². The average Bonchev–Trinajstić information content (AvgIpc) is 2.87. The fraction of sp³-hybridized carbons (Fsp3) is 0.154. The SMILES string of the molecule is Cc1ccc(S(=O)n2ccc(C(=O)CBr)c2)cc1. The minimum Gasteiger partial charge on any atom is -0.293 e. The van der Waals surface area contributed by atoms with Crippen molar-refractivity contribution in [3.8, 4) is 0 Å². The highest BCUT2D eigenvalue weighted by Gasteiger charge is 2.10. The molecule has 1 aromatic heterocycles. The van der Waals surface area contributed by atoms with Crippen LogP contribution < -0.4 is 0 Å². The van der Waals surface area contributed by atoms with Crippen LogP contribution in [-0.4, -0.2) is 19.3 Å². The summed E-state index contributed by atoms with van der Waals surface area (Å²) in [5, 5.41) is 0.272. The number of benzene rings is 1. The number of rotatable bonds is 4. The molecule has 0 N–H and O–H groups in total. The van der Waals surface area contributed by atoms with Crippen LogP contribution in [0.3, 0.4) is 0 Å². The van der Waals surface area contributed by atoms with Crippen molar-refractivity contribution in [2.75, 3.05) is 5.33 Å². The van der Waals surface area contributed by atoms with Gasteiger partial charge in [0.15, 0.2) is 16.8 Å². The van der Waals surface area contributed by atoms with E-state index in [1.54, 1.807) is 22.4 Å².